The zero-order valence-corrected chi connectivity index (χ0v) is 21.1. The predicted octanol–water partition coefficient (Wildman–Crippen LogP) is 5.23. The van der Waals surface area contributed by atoms with Gasteiger partial charge < -0.3 is 19.5 Å². The van der Waals surface area contributed by atoms with Crippen LogP contribution in [-0.2, 0) is 0 Å². The molecule has 0 aliphatic rings. The number of urea groups is 1. The van der Waals surface area contributed by atoms with E-state index in [1.54, 1.807) is 51.8 Å². The molecule has 11 heteroatoms. The summed E-state index contributed by atoms with van der Waals surface area (Å²) in [6.45, 7) is 1.89. The molecule has 2 heterocycles. The van der Waals surface area contributed by atoms with E-state index < -0.39 is 6.03 Å². The van der Waals surface area contributed by atoms with E-state index in [9.17, 15) is 4.79 Å². The number of thiol groups is 1. The molecular weight excluding hydrogens is 480 g/mol. The lowest BCUT2D eigenvalue weighted by Crippen LogP contribution is -2.29. The number of methoxy groups -OCH3 is 3. The number of benzene rings is 2. The van der Waals surface area contributed by atoms with Crippen molar-refractivity contribution in [2.75, 3.05) is 32.0 Å². The van der Waals surface area contributed by atoms with E-state index in [1.165, 1.54) is 4.31 Å². The minimum atomic E-state index is -0.416. The Balaban J connectivity index is 1.53. The molecule has 0 saturated heterocycles. The molecule has 0 radical (unpaired) electrons. The fourth-order valence-electron chi connectivity index (χ4n) is 3.54. The second-order valence-electron chi connectivity index (χ2n) is 7.69. The maximum absolute atomic E-state index is 12.8. The monoisotopic (exact) mass is 506 g/mol. The second kappa shape index (κ2) is 11.0. The Morgan fingerprint density at radius 2 is 1.61 bits per heavy atom. The summed E-state index contributed by atoms with van der Waals surface area (Å²) >= 11 is 4.38. The number of hydrogen-bond donors (Lipinski definition) is 3. The zero-order valence-electron chi connectivity index (χ0n) is 20.2. The standard InChI is InChI=1S/C25H26N6O4S/c1-15(16-8-6-5-7-9-16)31(36)25(32)30-21-11-10-18-24(28-21)29-22(14-26-18)27-17-12-19(33-2)23(35-4)20(13-17)34-3/h5-15,36H,1-4H3,(H2,27,28,29,30,32). The van der Waals surface area contributed by atoms with E-state index in [1.807, 2.05) is 37.3 Å². The van der Waals surface area contributed by atoms with Crippen molar-refractivity contribution in [1.29, 1.82) is 0 Å². The number of fused-ring (bicyclic) bond motifs is 1. The van der Waals surface area contributed by atoms with Gasteiger partial charge in [-0.2, -0.15) is 0 Å². The van der Waals surface area contributed by atoms with Gasteiger partial charge in [-0.05, 0) is 24.6 Å². The van der Waals surface area contributed by atoms with Crippen molar-refractivity contribution >= 4 is 47.3 Å². The molecular formula is C25H26N6O4S. The van der Waals surface area contributed by atoms with E-state index in [0.29, 0.717) is 45.7 Å². The Hall–Kier alpha value is -4.25. The molecule has 0 saturated carbocycles. The quantitative estimate of drug-likeness (QED) is 0.279. The van der Waals surface area contributed by atoms with Gasteiger partial charge in [0.1, 0.15) is 11.3 Å². The molecule has 4 aromatic rings. The molecule has 0 fully saturated rings. The highest BCUT2D eigenvalue weighted by atomic mass is 32.1. The van der Waals surface area contributed by atoms with Crippen LogP contribution in [0.3, 0.4) is 0 Å². The summed E-state index contributed by atoms with van der Waals surface area (Å²) in [5.41, 5.74) is 2.54. The highest BCUT2D eigenvalue weighted by Crippen LogP contribution is 2.40. The summed E-state index contributed by atoms with van der Waals surface area (Å²) in [5, 5.41) is 5.93. The van der Waals surface area contributed by atoms with Crippen LogP contribution >= 0.6 is 12.8 Å². The van der Waals surface area contributed by atoms with Crippen LogP contribution in [0.2, 0.25) is 0 Å². The SMILES string of the molecule is COc1cc(Nc2cnc3ccc(NC(=O)N(S)C(C)c4ccccc4)nc3n2)cc(OC)c1OC. The minimum absolute atomic E-state index is 0.246. The Morgan fingerprint density at radius 3 is 2.25 bits per heavy atom. The summed E-state index contributed by atoms with van der Waals surface area (Å²) in [4.78, 5) is 26.2. The highest BCUT2D eigenvalue weighted by molar-refractivity contribution is 7.78. The van der Waals surface area contributed by atoms with Gasteiger partial charge >= 0.3 is 6.03 Å². The fraction of sp³-hybridized carbons (Fsp3) is 0.200. The summed E-state index contributed by atoms with van der Waals surface area (Å²) in [6.07, 6.45) is 1.59. The Bertz CT molecular complexity index is 1350. The van der Waals surface area contributed by atoms with Crippen LogP contribution in [0.1, 0.15) is 18.5 Å². The topological polar surface area (TPSA) is 111 Å². The molecule has 4 rings (SSSR count). The predicted molar refractivity (Wildman–Crippen MR) is 141 cm³/mol. The first-order valence-electron chi connectivity index (χ1n) is 11.0. The molecule has 2 amide bonds. The number of carbonyl (C=O) groups excluding carboxylic acids is 1. The summed E-state index contributed by atoms with van der Waals surface area (Å²) < 4.78 is 17.5. The van der Waals surface area contributed by atoms with Gasteiger partial charge in [-0.25, -0.2) is 19.7 Å². The van der Waals surface area contributed by atoms with Crippen molar-refractivity contribution in [2.24, 2.45) is 0 Å². The van der Waals surface area contributed by atoms with Gasteiger partial charge in [0.2, 0.25) is 5.75 Å². The Kier molecular flexibility index (Phi) is 7.59. The lowest BCUT2D eigenvalue weighted by Gasteiger charge is -2.23. The van der Waals surface area contributed by atoms with Crippen LogP contribution in [-0.4, -0.2) is 46.6 Å². The molecule has 2 N–H and O–H groups in total. The molecule has 1 atom stereocenters. The molecule has 10 nitrogen and oxygen atoms in total. The van der Waals surface area contributed by atoms with Gasteiger partial charge in [-0.15, -0.1) is 0 Å². The van der Waals surface area contributed by atoms with E-state index in [-0.39, 0.29) is 6.04 Å². The van der Waals surface area contributed by atoms with Crippen molar-refractivity contribution in [1.82, 2.24) is 19.3 Å². The average Bonchev–Trinajstić information content (AvgIpc) is 2.91. The highest BCUT2D eigenvalue weighted by Gasteiger charge is 2.19. The molecule has 0 aliphatic carbocycles. The number of nitrogens with zero attached hydrogens (tertiary/aromatic N) is 4. The fourth-order valence-corrected chi connectivity index (χ4v) is 3.73. The van der Waals surface area contributed by atoms with E-state index >= 15 is 0 Å². The van der Waals surface area contributed by atoms with Crippen molar-refractivity contribution in [3.63, 3.8) is 0 Å². The smallest absolute Gasteiger partial charge is 0.333 e. The first kappa shape index (κ1) is 24.9. The lowest BCUT2D eigenvalue weighted by atomic mass is 10.1. The largest absolute Gasteiger partial charge is 0.493 e. The first-order chi connectivity index (χ1) is 17.4. The van der Waals surface area contributed by atoms with Crippen LogP contribution in [0.15, 0.2) is 60.8 Å². The molecule has 1 unspecified atom stereocenters. The number of hydrogen-bond acceptors (Lipinski definition) is 9. The maximum Gasteiger partial charge on any atom is 0.333 e. The van der Waals surface area contributed by atoms with E-state index in [2.05, 4.69) is 38.4 Å². The van der Waals surface area contributed by atoms with Gasteiger partial charge in [-0.3, -0.25) is 9.62 Å². The number of pyridine rings is 1. The average molecular weight is 507 g/mol. The third-order valence-electron chi connectivity index (χ3n) is 5.44. The lowest BCUT2D eigenvalue weighted by molar-refractivity contribution is 0.232. The summed E-state index contributed by atoms with van der Waals surface area (Å²) in [5.74, 6) is 2.25. The van der Waals surface area contributed by atoms with Crippen LogP contribution in [0.5, 0.6) is 17.2 Å². The Morgan fingerprint density at radius 1 is 0.944 bits per heavy atom. The molecule has 186 valence electrons. The summed E-state index contributed by atoms with van der Waals surface area (Å²) in [6, 6.07) is 15.9. The van der Waals surface area contributed by atoms with Crippen molar-refractivity contribution in [3.05, 3.63) is 66.4 Å². The number of nitrogens with one attached hydrogen (secondary N) is 2. The zero-order chi connectivity index (χ0) is 25.7. The molecule has 0 spiro atoms. The van der Waals surface area contributed by atoms with E-state index in [0.717, 1.165) is 5.56 Å². The van der Waals surface area contributed by atoms with Gasteiger partial charge in [0.05, 0.1) is 33.6 Å². The number of carbonyl (C=O) groups is 1. The third-order valence-corrected chi connectivity index (χ3v) is 5.96. The van der Waals surface area contributed by atoms with Gasteiger partial charge in [0.15, 0.2) is 23.0 Å². The minimum Gasteiger partial charge on any atom is -0.493 e. The van der Waals surface area contributed by atoms with Crippen LogP contribution < -0.4 is 24.8 Å². The third kappa shape index (κ3) is 5.36. The maximum atomic E-state index is 12.8. The first-order valence-corrected chi connectivity index (χ1v) is 11.4. The summed E-state index contributed by atoms with van der Waals surface area (Å²) in [7, 11) is 4.63. The Labute approximate surface area is 214 Å². The molecule has 0 aliphatic heterocycles. The molecule has 2 aromatic heterocycles. The molecule has 36 heavy (non-hydrogen) atoms. The number of amides is 2. The van der Waals surface area contributed by atoms with Crippen LogP contribution in [0.25, 0.3) is 11.2 Å². The number of aromatic nitrogens is 3. The second-order valence-corrected chi connectivity index (χ2v) is 8.13. The van der Waals surface area contributed by atoms with Crippen LogP contribution in [0, 0.1) is 0 Å². The van der Waals surface area contributed by atoms with E-state index in [4.69, 9.17) is 14.2 Å². The number of anilines is 3. The van der Waals surface area contributed by atoms with Gasteiger partial charge in [-0.1, -0.05) is 43.1 Å². The normalized spacial score (nSPS) is 11.5. The number of ether oxygens (including phenoxy) is 3. The van der Waals surface area contributed by atoms with Gasteiger partial charge in [0, 0.05) is 17.8 Å². The van der Waals surface area contributed by atoms with Crippen molar-refractivity contribution in [3.8, 4) is 17.2 Å². The molecule has 2 aromatic carbocycles. The van der Waals surface area contributed by atoms with Crippen molar-refractivity contribution < 1.29 is 19.0 Å². The van der Waals surface area contributed by atoms with Crippen LogP contribution in [0.4, 0.5) is 22.1 Å². The van der Waals surface area contributed by atoms with Crippen molar-refractivity contribution in [2.45, 2.75) is 13.0 Å². The van der Waals surface area contributed by atoms with Gasteiger partial charge in [0.25, 0.3) is 0 Å². The molecule has 0 bridgehead atoms. The number of rotatable bonds is 8.